The Labute approximate surface area is 691 Å². The Balaban J connectivity index is 0.00000123. The number of likely N-dealkylation sites (N-methyl/N-ethyl adjacent to an activating group) is 7. The van der Waals surface area contributed by atoms with Crippen molar-refractivity contribution in [3.8, 4) is 23.0 Å². The van der Waals surface area contributed by atoms with E-state index in [0.29, 0.717) is 39.3 Å². The molecule has 1 aliphatic heterocycles. The SMILES string of the molecule is CC=CCC(C)C(O)C1C(=O)NC(CC)C(=O)N(C)CC(=O)N(C)C(CC(C)C)C(=O)NC(C(C)C)C(=O)N(C)C(CC(C)C)C(=O)NC(C)C(=O)NC(C)C(=O)N(C)C(CC(C)C)C(=O)N(C)C(CC(C)C)C(=O)N(C)C(C(C)C)C(=O)N1C.CCOc1ccc(Cc2nccc3cc(OCC)c(OCC)cc23)cc1OCC.Cl. The van der Waals surface area contributed by atoms with Crippen molar-refractivity contribution in [1.82, 2.24) is 60.6 Å². The van der Waals surface area contributed by atoms with Gasteiger partial charge in [0.2, 0.25) is 65.0 Å². The molecule has 3 aromatic rings. The average molecular weight is 1630 g/mol. The van der Waals surface area contributed by atoms with Gasteiger partial charge in [-0.3, -0.25) is 57.7 Å². The smallest absolute Gasteiger partial charge is 0.246 e. The van der Waals surface area contributed by atoms with E-state index >= 15 is 9.59 Å². The number of hydrogen-bond acceptors (Lipinski definition) is 17. The molecule has 0 bridgehead atoms. The maximum Gasteiger partial charge on any atom is 0.246 e. The van der Waals surface area contributed by atoms with Gasteiger partial charge in [-0.05, 0) is 170 Å². The van der Waals surface area contributed by atoms with Gasteiger partial charge in [0.1, 0.15) is 60.4 Å². The Morgan fingerprint density at radius 3 is 1.43 bits per heavy atom. The van der Waals surface area contributed by atoms with Crippen LogP contribution in [0.3, 0.4) is 0 Å². The van der Waals surface area contributed by atoms with Gasteiger partial charge in [-0.25, -0.2) is 0 Å². The number of rotatable bonds is 25. The van der Waals surface area contributed by atoms with Crippen molar-refractivity contribution in [2.24, 2.45) is 41.4 Å². The monoisotopic (exact) mass is 1630 g/mol. The van der Waals surface area contributed by atoms with Crippen LogP contribution < -0.4 is 40.2 Å². The van der Waals surface area contributed by atoms with Crippen LogP contribution in [0, 0.1) is 41.4 Å². The molecule has 12 atom stereocenters. The number of hydrogen-bond donors (Lipinski definition) is 5. The highest BCUT2D eigenvalue weighted by atomic mass is 35.5. The summed E-state index contributed by atoms with van der Waals surface area (Å²) in [4.78, 5) is 173. The van der Waals surface area contributed by atoms with Gasteiger partial charge < -0.3 is 79.6 Å². The fourth-order valence-corrected chi connectivity index (χ4v) is 14.0. The predicted octanol–water partition coefficient (Wildman–Crippen LogP) is 9.11. The van der Waals surface area contributed by atoms with Crippen molar-refractivity contribution in [1.29, 1.82) is 0 Å². The normalized spacial score (nSPS) is 22.6. The van der Waals surface area contributed by atoms with E-state index in [0.717, 1.165) is 54.8 Å². The van der Waals surface area contributed by atoms with Crippen molar-refractivity contribution < 1.29 is 76.8 Å². The third-order valence-electron chi connectivity index (χ3n) is 20.6. The number of amides is 11. The number of allylic oxidation sites excluding steroid dienone is 2. The fraction of sp³-hybridized carbons (Fsp3) is 0.674. The molecule has 648 valence electrons. The summed E-state index contributed by atoms with van der Waals surface area (Å²) in [5, 5.41) is 25.2. The Morgan fingerprint density at radius 1 is 0.478 bits per heavy atom. The Hall–Kier alpha value is -8.79. The van der Waals surface area contributed by atoms with Crippen LogP contribution in [0.15, 0.2) is 54.7 Å². The summed E-state index contributed by atoms with van der Waals surface area (Å²) >= 11 is 0. The molecule has 29 heteroatoms. The first-order valence-corrected chi connectivity index (χ1v) is 40.8. The highest BCUT2D eigenvalue weighted by Gasteiger charge is 2.46. The van der Waals surface area contributed by atoms with Crippen LogP contribution in [0.4, 0.5) is 0 Å². The molecule has 0 radical (unpaired) electrons. The van der Waals surface area contributed by atoms with E-state index in [1.54, 1.807) is 54.5 Å². The molecule has 2 aromatic carbocycles. The van der Waals surface area contributed by atoms with Crippen molar-refractivity contribution >= 4 is 88.2 Å². The van der Waals surface area contributed by atoms with Crippen molar-refractivity contribution in [2.45, 2.75) is 257 Å². The van der Waals surface area contributed by atoms with Gasteiger partial charge in [-0.2, -0.15) is 0 Å². The number of aliphatic hydroxyl groups is 1. The molecule has 1 aliphatic rings. The van der Waals surface area contributed by atoms with Crippen LogP contribution in [-0.2, 0) is 59.2 Å². The standard InChI is InChI=1S/C62H111N11O12.C24H29NO4.ClH/c1-25-27-28-40(15)52(75)51-56(79)65-43(26-2)58(81)67(18)33-48(74)68(19)44(29-34(3)4)55(78)66-49(38(11)12)61(84)69(20)45(30-35(5)6)54(77)63-41(16)53(76)64-42(17)57(80)70(21)46(31-36(7)8)59(82)71(22)47(32-37(9)10)60(83)72(23)50(39(13)14)62(85)73(51)24;1-5-26-21-10-9-17(14-22(21)27-6-2)13-20-19-16-24(29-8-4)23(28-7-3)15-18(19)11-12-25-20;/h25,27,34-47,49-52,75H,26,28-33H2,1-24H3,(H,63,77)(H,64,76)(H,65,79)(H,66,78);9-12,14-16H,5-8,13H2,1-4H3;1H. The molecule has 0 saturated carbocycles. The number of carbonyl (C=O) groups excluding carboxylic acids is 11. The third-order valence-corrected chi connectivity index (χ3v) is 20.6. The second-order valence-electron chi connectivity index (χ2n) is 32.6. The lowest BCUT2D eigenvalue weighted by Crippen LogP contribution is -2.63. The van der Waals surface area contributed by atoms with Gasteiger partial charge in [-0.15, -0.1) is 12.4 Å². The molecule has 1 saturated heterocycles. The van der Waals surface area contributed by atoms with Gasteiger partial charge in [0.15, 0.2) is 23.0 Å². The highest BCUT2D eigenvalue weighted by Crippen LogP contribution is 2.36. The van der Waals surface area contributed by atoms with E-state index in [1.807, 2.05) is 126 Å². The second-order valence-corrected chi connectivity index (χ2v) is 32.6. The molecule has 5 N–H and O–H groups in total. The minimum atomic E-state index is -1.61. The van der Waals surface area contributed by atoms with Gasteiger partial charge in [0, 0.05) is 67.3 Å². The van der Waals surface area contributed by atoms with Crippen LogP contribution in [0.25, 0.3) is 10.8 Å². The topological polar surface area (TPSA) is 329 Å². The first kappa shape index (κ1) is 102. The van der Waals surface area contributed by atoms with Gasteiger partial charge in [0.25, 0.3) is 0 Å². The number of benzene rings is 2. The van der Waals surface area contributed by atoms with Crippen LogP contribution >= 0.6 is 12.4 Å². The van der Waals surface area contributed by atoms with E-state index in [1.165, 1.54) is 87.7 Å². The molecule has 2 heterocycles. The maximum absolute atomic E-state index is 15.1. The Bertz CT molecular complexity index is 3720. The summed E-state index contributed by atoms with van der Waals surface area (Å²) in [5.74, 6) is -6.67. The lowest BCUT2D eigenvalue weighted by atomic mass is 9.91. The summed E-state index contributed by atoms with van der Waals surface area (Å²) in [7, 11) is 9.92. The Kier molecular flexibility index (Phi) is 43.3. The average Bonchev–Trinajstić information content (AvgIpc) is 0.804. The molecular formula is C86H141ClN12O16. The molecule has 0 spiro atoms. The summed E-state index contributed by atoms with van der Waals surface area (Å²) in [5.41, 5.74) is 2.10. The lowest BCUT2D eigenvalue weighted by Gasteiger charge is -2.41. The van der Waals surface area contributed by atoms with Gasteiger partial charge in [0.05, 0.1) is 44.8 Å². The largest absolute Gasteiger partial charge is 0.490 e. The first-order chi connectivity index (χ1) is 53.4. The molecule has 4 rings (SSSR count). The molecule has 11 amide bonds. The predicted molar refractivity (Wildman–Crippen MR) is 451 cm³/mol. The summed E-state index contributed by atoms with van der Waals surface area (Å²) < 4.78 is 23.0. The summed E-state index contributed by atoms with van der Waals surface area (Å²) in [6, 6.07) is -0.205. The number of pyridine rings is 1. The van der Waals surface area contributed by atoms with E-state index in [9.17, 15) is 48.3 Å². The second kappa shape index (κ2) is 48.7. The zero-order valence-corrected chi connectivity index (χ0v) is 74.9. The highest BCUT2D eigenvalue weighted by molar-refractivity contribution is 6.00. The number of fused-ring (bicyclic) bond motifs is 1. The van der Waals surface area contributed by atoms with E-state index in [-0.39, 0.29) is 68.2 Å². The quantitative estimate of drug-likeness (QED) is 0.0494. The summed E-state index contributed by atoms with van der Waals surface area (Å²) in [6.07, 6.45) is 5.57. The van der Waals surface area contributed by atoms with Crippen molar-refractivity contribution in [2.75, 3.05) is 82.3 Å². The van der Waals surface area contributed by atoms with Crippen molar-refractivity contribution in [3.63, 3.8) is 0 Å². The van der Waals surface area contributed by atoms with Gasteiger partial charge >= 0.3 is 0 Å². The zero-order chi connectivity index (χ0) is 86.6. The zero-order valence-electron chi connectivity index (χ0n) is 74.1. The molecule has 115 heavy (non-hydrogen) atoms. The summed E-state index contributed by atoms with van der Waals surface area (Å²) in [6.45, 7) is 39.6. The van der Waals surface area contributed by atoms with Crippen molar-refractivity contribution in [3.05, 3.63) is 66.0 Å². The van der Waals surface area contributed by atoms with E-state index in [4.69, 9.17) is 18.9 Å². The third kappa shape index (κ3) is 29.1. The number of nitrogens with one attached hydrogen (secondary N) is 4. The maximum atomic E-state index is 15.1. The molecule has 0 aliphatic carbocycles. The lowest BCUT2D eigenvalue weighted by molar-refractivity contribution is -0.157. The van der Waals surface area contributed by atoms with Crippen LogP contribution in [-0.4, -0.2) is 258 Å². The molecule has 1 fully saturated rings. The number of nitrogens with zero attached hydrogens (tertiary/aromatic N) is 8. The first-order valence-electron chi connectivity index (χ1n) is 40.8. The minimum Gasteiger partial charge on any atom is -0.490 e. The van der Waals surface area contributed by atoms with E-state index in [2.05, 4.69) is 32.3 Å². The van der Waals surface area contributed by atoms with Crippen LogP contribution in [0.2, 0.25) is 0 Å². The number of aromatic nitrogens is 1. The molecule has 1 aromatic heterocycles. The number of halogens is 1. The molecular weight excluding hydrogens is 1490 g/mol. The minimum absolute atomic E-state index is 0. The Morgan fingerprint density at radius 2 is 0.930 bits per heavy atom. The molecule has 12 unspecified atom stereocenters. The van der Waals surface area contributed by atoms with Crippen LogP contribution in [0.5, 0.6) is 23.0 Å². The van der Waals surface area contributed by atoms with E-state index < -0.39 is 156 Å². The van der Waals surface area contributed by atoms with Gasteiger partial charge in [-0.1, -0.05) is 115 Å². The van der Waals surface area contributed by atoms with Crippen LogP contribution in [0.1, 0.15) is 195 Å². The molecule has 28 nitrogen and oxygen atoms in total. The number of ether oxygens (including phenoxy) is 4. The number of aliphatic hydroxyl groups excluding tert-OH is 1. The fourth-order valence-electron chi connectivity index (χ4n) is 14.0. The number of carbonyl (C=O) groups is 11.